The fraction of sp³-hybridized carbons (Fsp3) is 0.207. The maximum absolute atomic E-state index is 2.69. The molecule has 0 atom stereocenters. The second kappa shape index (κ2) is 7.25. The topological polar surface area (TPSA) is 3.88 Å². The molecule has 6 rings (SSSR count). The molecule has 0 bridgehead atoms. The maximum Gasteiger partial charge on any atom is 0.217 e. The first kappa shape index (κ1) is 17.7. The summed E-state index contributed by atoms with van der Waals surface area (Å²) in [6, 6.07) is 34.1. The number of aromatic nitrogens is 1. The van der Waals surface area contributed by atoms with Crippen LogP contribution in [0.15, 0.2) is 91.0 Å². The Hall–Kier alpha value is -3.19. The zero-order valence-corrected chi connectivity index (χ0v) is 17.2. The molecule has 1 heterocycles. The Labute approximate surface area is 178 Å². The lowest BCUT2D eigenvalue weighted by Gasteiger charge is -2.29. The molecular weight excluding hydrogens is 362 g/mol. The van der Waals surface area contributed by atoms with Crippen LogP contribution in [-0.2, 0) is 12.8 Å². The third-order valence-corrected chi connectivity index (χ3v) is 6.90. The van der Waals surface area contributed by atoms with Crippen molar-refractivity contribution in [2.45, 2.75) is 38.1 Å². The minimum Gasteiger partial charge on any atom is -0.188 e. The van der Waals surface area contributed by atoms with Crippen LogP contribution >= 0.6 is 0 Å². The van der Waals surface area contributed by atoms with Gasteiger partial charge in [0.15, 0.2) is 6.04 Å². The molecule has 0 aliphatic heterocycles. The van der Waals surface area contributed by atoms with E-state index in [1.807, 2.05) is 0 Å². The Morgan fingerprint density at radius 3 is 2.00 bits per heavy atom. The standard InChI is InChI=1S/C29H26N/c1-3-10-21(11-4-1)27-20-28(23-13-5-2-6-14-23)30(24-15-9-16-24)29-25-17-8-7-12-22(25)18-19-26(27)29/h1-8,10-14,17,20,24H,9,15-16,18-19H2/q+1. The molecule has 0 spiro atoms. The molecule has 0 radical (unpaired) electrons. The van der Waals surface area contributed by atoms with Crippen molar-refractivity contribution < 1.29 is 4.57 Å². The highest BCUT2D eigenvalue weighted by Gasteiger charge is 2.38. The van der Waals surface area contributed by atoms with E-state index in [4.69, 9.17) is 0 Å². The van der Waals surface area contributed by atoms with Crippen LogP contribution in [0.1, 0.15) is 36.4 Å². The highest BCUT2D eigenvalue weighted by molar-refractivity contribution is 5.80. The highest BCUT2D eigenvalue weighted by atomic mass is 15.0. The van der Waals surface area contributed by atoms with Crippen LogP contribution in [0.4, 0.5) is 0 Å². The van der Waals surface area contributed by atoms with Crippen molar-refractivity contribution in [1.82, 2.24) is 0 Å². The molecule has 3 aromatic carbocycles. The van der Waals surface area contributed by atoms with Crippen LogP contribution in [0.5, 0.6) is 0 Å². The van der Waals surface area contributed by atoms with Crippen molar-refractivity contribution in [3.05, 3.63) is 102 Å². The smallest absolute Gasteiger partial charge is 0.188 e. The third-order valence-electron chi connectivity index (χ3n) is 6.90. The van der Waals surface area contributed by atoms with E-state index in [0.29, 0.717) is 6.04 Å². The van der Waals surface area contributed by atoms with Gasteiger partial charge >= 0.3 is 0 Å². The Kier molecular flexibility index (Phi) is 4.27. The van der Waals surface area contributed by atoms with Crippen molar-refractivity contribution in [1.29, 1.82) is 0 Å². The molecule has 4 aromatic rings. The molecule has 1 heteroatoms. The van der Waals surface area contributed by atoms with Gasteiger partial charge in [0, 0.05) is 35.6 Å². The van der Waals surface area contributed by atoms with Gasteiger partial charge in [-0.3, -0.25) is 0 Å². The quantitative estimate of drug-likeness (QED) is 0.340. The van der Waals surface area contributed by atoms with E-state index in [1.165, 1.54) is 64.0 Å². The minimum absolute atomic E-state index is 0.602. The van der Waals surface area contributed by atoms with Crippen LogP contribution in [0.3, 0.4) is 0 Å². The molecule has 146 valence electrons. The fourth-order valence-electron chi connectivity index (χ4n) is 5.19. The van der Waals surface area contributed by atoms with Crippen LogP contribution < -0.4 is 4.57 Å². The van der Waals surface area contributed by atoms with E-state index in [9.17, 15) is 0 Å². The predicted octanol–water partition coefficient (Wildman–Crippen LogP) is 6.80. The van der Waals surface area contributed by atoms with Gasteiger partial charge in [0.1, 0.15) is 0 Å². The lowest BCUT2D eigenvalue weighted by molar-refractivity contribution is -0.713. The number of hydrogen-bond donors (Lipinski definition) is 0. The van der Waals surface area contributed by atoms with Gasteiger partial charge in [-0.25, -0.2) is 0 Å². The van der Waals surface area contributed by atoms with Crippen molar-refractivity contribution in [2.24, 2.45) is 0 Å². The Balaban J connectivity index is 1.72. The van der Waals surface area contributed by atoms with Crippen molar-refractivity contribution in [2.75, 3.05) is 0 Å². The number of fused-ring (bicyclic) bond motifs is 3. The zero-order chi connectivity index (χ0) is 19.9. The van der Waals surface area contributed by atoms with Crippen molar-refractivity contribution in [3.63, 3.8) is 0 Å². The van der Waals surface area contributed by atoms with Gasteiger partial charge in [0.05, 0.1) is 0 Å². The Bertz CT molecular complexity index is 1200. The summed E-state index contributed by atoms with van der Waals surface area (Å²) in [5.41, 5.74) is 11.3. The summed E-state index contributed by atoms with van der Waals surface area (Å²) in [6.45, 7) is 0. The minimum atomic E-state index is 0.602. The molecule has 2 aliphatic rings. The molecule has 0 N–H and O–H groups in total. The van der Waals surface area contributed by atoms with Crippen molar-refractivity contribution >= 4 is 0 Å². The van der Waals surface area contributed by atoms with Gasteiger partial charge in [-0.2, -0.15) is 4.57 Å². The molecule has 0 amide bonds. The van der Waals surface area contributed by atoms with E-state index in [2.05, 4.69) is 95.6 Å². The van der Waals surface area contributed by atoms with Crippen molar-refractivity contribution in [3.8, 4) is 33.6 Å². The molecule has 2 aliphatic carbocycles. The number of aryl methyl sites for hydroxylation is 1. The average Bonchev–Trinajstić information content (AvgIpc) is 2.79. The Morgan fingerprint density at radius 1 is 0.633 bits per heavy atom. The number of nitrogens with zero attached hydrogens (tertiary/aromatic N) is 1. The summed E-state index contributed by atoms with van der Waals surface area (Å²) in [7, 11) is 0. The van der Waals surface area contributed by atoms with Gasteiger partial charge in [0.2, 0.25) is 11.4 Å². The van der Waals surface area contributed by atoms with E-state index < -0.39 is 0 Å². The van der Waals surface area contributed by atoms with Crippen LogP contribution in [0, 0.1) is 0 Å². The van der Waals surface area contributed by atoms with Crippen LogP contribution in [0.25, 0.3) is 33.6 Å². The van der Waals surface area contributed by atoms with E-state index in [-0.39, 0.29) is 0 Å². The molecule has 0 saturated heterocycles. The lowest BCUT2D eigenvalue weighted by Crippen LogP contribution is -2.48. The van der Waals surface area contributed by atoms with Gasteiger partial charge in [-0.05, 0) is 54.2 Å². The normalized spacial score (nSPS) is 15.2. The molecule has 30 heavy (non-hydrogen) atoms. The first-order valence-corrected chi connectivity index (χ1v) is 11.2. The van der Waals surface area contributed by atoms with Crippen LogP contribution in [-0.4, -0.2) is 0 Å². The number of rotatable bonds is 3. The fourth-order valence-corrected chi connectivity index (χ4v) is 5.19. The van der Waals surface area contributed by atoms with Gasteiger partial charge in [-0.1, -0.05) is 66.7 Å². The summed E-state index contributed by atoms with van der Waals surface area (Å²) >= 11 is 0. The number of pyridine rings is 1. The summed E-state index contributed by atoms with van der Waals surface area (Å²) in [5, 5.41) is 0. The summed E-state index contributed by atoms with van der Waals surface area (Å²) in [4.78, 5) is 0. The third kappa shape index (κ3) is 2.81. The first-order valence-electron chi connectivity index (χ1n) is 11.2. The van der Waals surface area contributed by atoms with Gasteiger partial charge in [-0.15, -0.1) is 0 Å². The maximum atomic E-state index is 2.69. The number of benzene rings is 3. The number of hydrogen-bond acceptors (Lipinski definition) is 0. The van der Waals surface area contributed by atoms with Gasteiger partial charge < -0.3 is 0 Å². The second-order valence-electron chi connectivity index (χ2n) is 8.61. The largest absolute Gasteiger partial charge is 0.217 e. The van der Waals surface area contributed by atoms with Gasteiger partial charge in [0.25, 0.3) is 0 Å². The Morgan fingerprint density at radius 2 is 1.30 bits per heavy atom. The lowest BCUT2D eigenvalue weighted by atomic mass is 9.81. The summed E-state index contributed by atoms with van der Waals surface area (Å²) < 4.78 is 2.69. The zero-order valence-electron chi connectivity index (χ0n) is 17.2. The molecule has 1 aromatic heterocycles. The summed E-state index contributed by atoms with van der Waals surface area (Å²) in [6.07, 6.45) is 6.13. The van der Waals surface area contributed by atoms with E-state index in [0.717, 1.165) is 12.8 Å². The second-order valence-corrected chi connectivity index (χ2v) is 8.61. The summed E-state index contributed by atoms with van der Waals surface area (Å²) in [5.74, 6) is 0. The van der Waals surface area contributed by atoms with E-state index in [1.54, 1.807) is 0 Å². The molecular formula is C29H26N+. The monoisotopic (exact) mass is 388 g/mol. The SMILES string of the molecule is c1ccc(-c2cc(-c3ccccc3)[n+](C3CCC3)c3c2CCc2ccccc2-3)cc1. The average molecular weight is 389 g/mol. The molecule has 1 nitrogen and oxygen atoms in total. The van der Waals surface area contributed by atoms with Crippen LogP contribution in [0.2, 0.25) is 0 Å². The first-order chi connectivity index (χ1) is 14.9. The highest BCUT2D eigenvalue weighted by Crippen LogP contribution is 2.41. The molecule has 0 unspecified atom stereocenters. The van der Waals surface area contributed by atoms with E-state index >= 15 is 0 Å². The molecule has 1 saturated carbocycles. The predicted molar refractivity (Wildman–Crippen MR) is 123 cm³/mol. The molecule has 1 fully saturated rings.